The predicted octanol–water partition coefficient (Wildman–Crippen LogP) is 3.40. The maximum absolute atomic E-state index is 11.4. The maximum atomic E-state index is 11.4. The van der Waals surface area contributed by atoms with Crippen LogP contribution in [0.2, 0.25) is 0 Å². The Hall–Kier alpha value is -2.62. The molecule has 1 saturated heterocycles. The topological polar surface area (TPSA) is 57.8 Å². The molecule has 4 rings (SSSR count). The van der Waals surface area contributed by atoms with Gasteiger partial charge < -0.3 is 10.3 Å². The van der Waals surface area contributed by atoms with Crippen LogP contribution in [0.4, 0.5) is 0 Å². The first-order valence-corrected chi connectivity index (χ1v) is 8.07. The zero-order valence-corrected chi connectivity index (χ0v) is 13.1. The fourth-order valence-corrected chi connectivity index (χ4v) is 3.32. The van der Waals surface area contributed by atoms with Crippen LogP contribution in [0, 0.1) is 0 Å². The van der Waals surface area contributed by atoms with Crippen molar-refractivity contribution >= 4 is 16.9 Å². The van der Waals surface area contributed by atoms with Crippen molar-refractivity contribution in [3.05, 3.63) is 53.9 Å². The summed E-state index contributed by atoms with van der Waals surface area (Å²) in [7, 11) is 0. The molecule has 1 fully saturated rings. The van der Waals surface area contributed by atoms with Crippen molar-refractivity contribution in [1.82, 2.24) is 15.3 Å². The third-order valence-electron chi connectivity index (χ3n) is 4.67. The molecule has 1 aromatic carbocycles. The number of aromatic nitrogens is 2. The van der Waals surface area contributed by atoms with Gasteiger partial charge in [-0.05, 0) is 29.2 Å². The number of nitrogens with zero attached hydrogens (tertiary/aromatic N) is 1. The van der Waals surface area contributed by atoms with E-state index in [-0.39, 0.29) is 11.8 Å². The molecular weight excluding hydrogens is 286 g/mol. The molecule has 0 radical (unpaired) electrons. The minimum atomic E-state index is 0.142. The number of carbonyl (C=O) groups is 1. The second kappa shape index (κ2) is 5.54. The SMILES string of the molecule is CCc1c[nH]c2ncc(-c3cccc(C4CNC(=O)C4)c3)cc12. The molecule has 0 aliphatic carbocycles. The van der Waals surface area contributed by atoms with Crippen molar-refractivity contribution in [2.24, 2.45) is 0 Å². The first-order chi connectivity index (χ1) is 11.2. The highest BCUT2D eigenvalue weighted by Crippen LogP contribution is 2.29. The minimum Gasteiger partial charge on any atom is -0.355 e. The van der Waals surface area contributed by atoms with Crippen molar-refractivity contribution in [2.75, 3.05) is 6.54 Å². The molecule has 1 atom stereocenters. The fourth-order valence-electron chi connectivity index (χ4n) is 3.32. The van der Waals surface area contributed by atoms with Gasteiger partial charge in [-0.25, -0.2) is 4.98 Å². The van der Waals surface area contributed by atoms with Crippen LogP contribution in [0.5, 0.6) is 0 Å². The highest BCUT2D eigenvalue weighted by atomic mass is 16.1. The monoisotopic (exact) mass is 305 g/mol. The Kier molecular flexibility index (Phi) is 3.37. The van der Waals surface area contributed by atoms with E-state index in [1.165, 1.54) is 16.5 Å². The second-order valence-electron chi connectivity index (χ2n) is 6.12. The van der Waals surface area contributed by atoms with Gasteiger partial charge in [-0.15, -0.1) is 0 Å². The molecule has 116 valence electrons. The van der Waals surface area contributed by atoms with E-state index in [1.54, 1.807) is 0 Å². The Balaban J connectivity index is 1.74. The summed E-state index contributed by atoms with van der Waals surface area (Å²) >= 11 is 0. The highest BCUT2D eigenvalue weighted by molar-refractivity contribution is 5.85. The number of rotatable bonds is 3. The van der Waals surface area contributed by atoms with E-state index in [0.717, 1.165) is 29.7 Å². The lowest BCUT2D eigenvalue weighted by molar-refractivity contribution is -0.119. The molecule has 0 saturated carbocycles. The second-order valence-corrected chi connectivity index (χ2v) is 6.12. The number of fused-ring (bicyclic) bond motifs is 1. The van der Waals surface area contributed by atoms with Crippen LogP contribution < -0.4 is 5.32 Å². The Morgan fingerprint density at radius 2 is 2.17 bits per heavy atom. The lowest BCUT2D eigenvalue weighted by Gasteiger charge is -2.10. The number of pyridine rings is 1. The van der Waals surface area contributed by atoms with E-state index in [9.17, 15) is 4.79 Å². The lowest BCUT2D eigenvalue weighted by atomic mass is 9.94. The van der Waals surface area contributed by atoms with Gasteiger partial charge in [0.1, 0.15) is 5.65 Å². The Bertz CT molecular complexity index is 881. The normalized spacial score (nSPS) is 17.6. The molecule has 1 amide bonds. The van der Waals surface area contributed by atoms with Gasteiger partial charge in [0, 0.05) is 42.2 Å². The van der Waals surface area contributed by atoms with E-state index in [1.807, 2.05) is 12.4 Å². The zero-order valence-electron chi connectivity index (χ0n) is 13.1. The molecule has 4 heteroatoms. The van der Waals surface area contributed by atoms with Crippen LogP contribution in [0.1, 0.15) is 30.4 Å². The van der Waals surface area contributed by atoms with Crippen LogP contribution in [-0.2, 0) is 11.2 Å². The zero-order chi connectivity index (χ0) is 15.8. The quantitative estimate of drug-likeness (QED) is 0.779. The summed E-state index contributed by atoms with van der Waals surface area (Å²) in [6.45, 7) is 2.89. The molecule has 3 heterocycles. The molecule has 0 spiro atoms. The minimum absolute atomic E-state index is 0.142. The molecule has 4 nitrogen and oxygen atoms in total. The van der Waals surface area contributed by atoms with Crippen LogP contribution >= 0.6 is 0 Å². The molecule has 2 N–H and O–H groups in total. The Morgan fingerprint density at radius 3 is 2.96 bits per heavy atom. The van der Waals surface area contributed by atoms with Crippen molar-refractivity contribution in [3.63, 3.8) is 0 Å². The smallest absolute Gasteiger partial charge is 0.220 e. The summed E-state index contributed by atoms with van der Waals surface area (Å²) < 4.78 is 0. The molecule has 23 heavy (non-hydrogen) atoms. The van der Waals surface area contributed by atoms with Crippen LogP contribution in [0.3, 0.4) is 0 Å². The first kappa shape index (κ1) is 14.0. The largest absolute Gasteiger partial charge is 0.355 e. The number of amides is 1. The van der Waals surface area contributed by atoms with Gasteiger partial charge >= 0.3 is 0 Å². The third-order valence-corrected chi connectivity index (χ3v) is 4.67. The number of aryl methyl sites for hydroxylation is 1. The summed E-state index contributed by atoms with van der Waals surface area (Å²) in [5.74, 6) is 0.418. The molecule has 0 bridgehead atoms. The average molecular weight is 305 g/mol. The predicted molar refractivity (Wildman–Crippen MR) is 91.3 cm³/mol. The number of H-pyrrole nitrogens is 1. The summed E-state index contributed by atoms with van der Waals surface area (Å²) in [6, 6.07) is 10.7. The van der Waals surface area contributed by atoms with Gasteiger partial charge in [-0.3, -0.25) is 4.79 Å². The van der Waals surface area contributed by atoms with E-state index in [0.29, 0.717) is 6.42 Å². The number of hydrogen-bond acceptors (Lipinski definition) is 2. The molecule has 1 aliphatic heterocycles. The number of benzene rings is 1. The van der Waals surface area contributed by atoms with Crippen LogP contribution in [0.25, 0.3) is 22.2 Å². The standard InChI is InChI=1S/C19H19N3O/c1-2-12-9-21-19-17(12)7-15(11-22-19)13-4-3-5-14(6-13)16-8-18(23)20-10-16/h3-7,9,11,16H,2,8,10H2,1H3,(H,20,23)(H,21,22). The summed E-state index contributed by atoms with van der Waals surface area (Å²) in [5.41, 5.74) is 5.71. The number of carbonyl (C=O) groups excluding carboxylic acids is 1. The Labute approximate surface area is 134 Å². The summed E-state index contributed by atoms with van der Waals surface area (Å²) in [6.07, 6.45) is 5.52. The highest BCUT2D eigenvalue weighted by Gasteiger charge is 2.23. The maximum Gasteiger partial charge on any atom is 0.220 e. The molecular formula is C19H19N3O. The van der Waals surface area contributed by atoms with Crippen molar-refractivity contribution in [2.45, 2.75) is 25.7 Å². The van der Waals surface area contributed by atoms with Gasteiger partial charge in [-0.1, -0.05) is 31.2 Å². The van der Waals surface area contributed by atoms with Crippen LogP contribution in [-0.4, -0.2) is 22.4 Å². The van der Waals surface area contributed by atoms with E-state index in [2.05, 4.69) is 52.5 Å². The van der Waals surface area contributed by atoms with Crippen molar-refractivity contribution in [3.8, 4) is 11.1 Å². The lowest BCUT2D eigenvalue weighted by Crippen LogP contribution is -2.13. The molecule has 1 unspecified atom stereocenters. The molecule has 2 aromatic heterocycles. The van der Waals surface area contributed by atoms with Gasteiger partial charge in [0.15, 0.2) is 0 Å². The number of nitrogens with one attached hydrogen (secondary N) is 2. The summed E-state index contributed by atoms with van der Waals surface area (Å²) in [4.78, 5) is 19.2. The number of aromatic amines is 1. The van der Waals surface area contributed by atoms with E-state index in [4.69, 9.17) is 0 Å². The fraction of sp³-hybridized carbons (Fsp3) is 0.263. The number of hydrogen-bond donors (Lipinski definition) is 2. The van der Waals surface area contributed by atoms with Crippen molar-refractivity contribution < 1.29 is 4.79 Å². The van der Waals surface area contributed by atoms with E-state index < -0.39 is 0 Å². The van der Waals surface area contributed by atoms with Gasteiger partial charge in [0.2, 0.25) is 5.91 Å². The summed E-state index contributed by atoms with van der Waals surface area (Å²) in [5, 5.41) is 4.10. The van der Waals surface area contributed by atoms with Crippen molar-refractivity contribution in [1.29, 1.82) is 0 Å². The molecule has 1 aliphatic rings. The third kappa shape index (κ3) is 2.50. The van der Waals surface area contributed by atoms with Gasteiger partial charge in [0.25, 0.3) is 0 Å². The Morgan fingerprint density at radius 1 is 1.26 bits per heavy atom. The van der Waals surface area contributed by atoms with Gasteiger partial charge in [0.05, 0.1) is 0 Å². The average Bonchev–Trinajstić information content (AvgIpc) is 3.20. The first-order valence-electron chi connectivity index (χ1n) is 8.07. The molecule has 3 aromatic rings. The van der Waals surface area contributed by atoms with Gasteiger partial charge in [-0.2, -0.15) is 0 Å². The van der Waals surface area contributed by atoms with E-state index >= 15 is 0 Å². The van der Waals surface area contributed by atoms with Crippen LogP contribution in [0.15, 0.2) is 42.7 Å².